The number of anilines is 1. The molecule has 0 atom stereocenters. The van der Waals surface area contributed by atoms with E-state index in [2.05, 4.69) is 10.2 Å². The van der Waals surface area contributed by atoms with Gasteiger partial charge in [0.1, 0.15) is 0 Å². The Balaban J connectivity index is 0.000000368. The molecule has 0 amide bonds. The summed E-state index contributed by atoms with van der Waals surface area (Å²) in [6.45, 7) is 0. The summed E-state index contributed by atoms with van der Waals surface area (Å²) in [5, 5.41) is 6.88. The summed E-state index contributed by atoms with van der Waals surface area (Å²) in [7, 11) is -3.67. The van der Waals surface area contributed by atoms with E-state index in [0.29, 0.717) is 11.9 Å². The molecule has 0 saturated heterocycles. The van der Waals surface area contributed by atoms with Crippen molar-refractivity contribution < 1.29 is 13.0 Å². The lowest BCUT2D eigenvalue weighted by molar-refractivity contribution is 0.490. The van der Waals surface area contributed by atoms with E-state index in [0.717, 1.165) is 48.1 Å². The zero-order valence-electron chi connectivity index (χ0n) is 13.4. The van der Waals surface area contributed by atoms with Gasteiger partial charge < -0.3 is 5.73 Å². The molecule has 0 radical (unpaired) electrons. The van der Waals surface area contributed by atoms with Gasteiger partial charge in [0.25, 0.3) is 15.7 Å². The SMILES string of the molecule is CS(=O)(=O)O.Nc1cccc(-c2n[nH]c(=O)c3c2CCCCC3)c1. The molecular weight excluding hydrogens is 330 g/mol. The predicted octanol–water partition coefficient (Wildman–Crippen LogP) is 1.79. The highest BCUT2D eigenvalue weighted by atomic mass is 32.2. The van der Waals surface area contributed by atoms with Gasteiger partial charge in [-0.25, -0.2) is 5.10 Å². The molecule has 1 heterocycles. The maximum atomic E-state index is 11.9. The highest BCUT2D eigenvalue weighted by Crippen LogP contribution is 2.27. The molecule has 4 N–H and O–H groups in total. The number of rotatable bonds is 1. The van der Waals surface area contributed by atoms with Gasteiger partial charge >= 0.3 is 0 Å². The molecule has 0 unspecified atom stereocenters. The molecule has 0 fully saturated rings. The summed E-state index contributed by atoms with van der Waals surface area (Å²) in [5.74, 6) is 0. The third kappa shape index (κ3) is 5.17. The summed E-state index contributed by atoms with van der Waals surface area (Å²) < 4.78 is 25.9. The second kappa shape index (κ2) is 7.59. The average Bonchev–Trinajstić information content (AvgIpc) is 2.72. The highest BCUT2D eigenvalue weighted by Gasteiger charge is 2.17. The van der Waals surface area contributed by atoms with Crippen LogP contribution >= 0.6 is 0 Å². The molecular formula is C16H21N3O4S. The molecule has 1 aliphatic carbocycles. The van der Waals surface area contributed by atoms with E-state index in [1.165, 1.54) is 6.42 Å². The van der Waals surface area contributed by atoms with E-state index in [1.54, 1.807) is 0 Å². The Labute approximate surface area is 140 Å². The van der Waals surface area contributed by atoms with Crippen LogP contribution in [-0.2, 0) is 23.0 Å². The van der Waals surface area contributed by atoms with Crippen molar-refractivity contribution in [3.8, 4) is 11.3 Å². The van der Waals surface area contributed by atoms with Crippen LogP contribution in [0, 0.1) is 0 Å². The second-order valence-corrected chi connectivity index (χ2v) is 7.24. The Hall–Kier alpha value is -2.19. The van der Waals surface area contributed by atoms with Gasteiger partial charge in [0.05, 0.1) is 11.9 Å². The van der Waals surface area contributed by atoms with Gasteiger partial charge in [-0.2, -0.15) is 13.5 Å². The van der Waals surface area contributed by atoms with Crippen LogP contribution in [0.1, 0.15) is 30.4 Å². The van der Waals surface area contributed by atoms with Crippen LogP contribution in [0.4, 0.5) is 5.69 Å². The molecule has 1 aliphatic rings. The Morgan fingerprint density at radius 1 is 1.17 bits per heavy atom. The Morgan fingerprint density at radius 2 is 1.79 bits per heavy atom. The molecule has 8 heteroatoms. The Morgan fingerprint density at radius 3 is 2.42 bits per heavy atom. The molecule has 0 spiro atoms. The second-order valence-electron chi connectivity index (χ2n) is 5.78. The van der Waals surface area contributed by atoms with Crippen LogP contribution in [0.15, 0.2) is 29.1 Å². The number of aromatic amines is 1. The van der Waals surface area contributed by atoms with Crippen molar-refractivity contribution in [2.24, 2.45) is 0 Å². The molecule has 0 bridgehead atoms. The number of nitrogens with two attached hydrogens (primary N) is 1. The third-order valence-electron chi connectivity index (χ3n) is 3.71. The van der Waals surface area contributed by atoms with E-state index >= 15 is 0 Å². The number of hydrogen-bond acceptors (Lipinski definition) is 5. The summed E-state index contributed by atoms with van der Waals surface area (Å²) in [6, 6.07) is 7.67. The van der Waals surface area contributed by atoms with Crippen molar-refractivity contribution in [2.75, 3.05) is 12.0 Å². The van der Waals surface area contributed by atoms with E-state index < -0.39 is 10.1 Å². The van der Waals surface area contributed by atoms with Gasteiger partial charge in [-0.3, -0.25) is 9.35 Å². The number of hydrogen-bond donors (Lipinski definition) is 3. The van der Waals surface area contributed by atoms with E-state index in [9.17, 15) is 13.2 Å². The van der Waals surface area contributed by atoms with E-state index in [1.807, 2.05) is 24.3 Å². The minimum absolute atomic E-state index is 0.0375. The summed E-state index contributed by atoms with van der Waals surface area (Å²) >= 11 is 0. The number of nitrogens with zero attached hydrogens (tertiary/aromatic N) is 1. The molecule has 3 rings (SSSR count). The number of aromatic nitrogens is 2. The molecule has 24 heavy (non-hydrogen) atoms. The maximum Gasteiger partial charge on any atom is 0.267 e. The standard InChI is InChI=1S/C15H17N3O.CH4O3S/c16-11-6-4-5-10(9-11)14-12-7-2-1-3-8-13(12)15(19)18-17-14;1-5(2,3)4/h4-6,9H,1-3,7-8,16H2,(H,18,19);1H3,(H,2,3,4). The predicted molar refractivity (Wildman–Crippen MR) is 93.4 cm³/mol. The van der Waals surface area contributed by atoms with Gasteiger partial charge in [0, 0.05) is 16.8 Å². The van der Waals surface area contributed by atoms with Crippen molar-refractivity contribution in [1.29, 1.82) is 0 Å². The fraction of sp³-hybridized carbons (Fsp3) is 0.375. The summed E-state index contributed by atoms with van der Waals surface area (Å²) in [6.07, 6.45) is 5.86. The van der Waals surface area contributed by atoms with Crippen molar-refractivity contribution in [1.82, 2.24) is 10.2 Å². The fourth-order valence-corrected chi connectivity index (χ4v) is 2.76. The van der Waals surface area contributed by atoms with Crippen LogP contribution in [0.2, 0.25) is 0 Å². The summed E-state index contributed by atoms with van der Waals surface area (Å²) in [5.41, 5.74) is 10.4. The van der Waals surface area contributed by atoms with Crippen LogP contribution in [0.5, 0.6) is 0 Å². The molecule has 7 nitrogen and oxygen atoms in total. The van der Waals surface area contributed by atoms with Crippen LogP contribution in [0.25, 0.3) is 11.3 Å². The first-order chi connectivity index (χ1) is 11.3. The van der Waals surface area contributed by atoms with Crippen LogP contribution in [0.3, 0.4) is 0 Å². The molecule has 1 aromatic heterocycles. The van der Waals surface area contributed by atoms with Gasteiger partial charge in [0.2, 0.25) is 0 Å². The molecule has 2 aromatic rings. The maximum absolute atomic E-state index is 11.9. The topological polar surface area (TPSA) is 126 Å². The largest absolute Gasteiger partial charge is 0.399 e. The minimum atomic E-state index is -3.67. The third-order valence-corrected chi connectivity index (χ3v) is 3.71. The van der Waals surface area contributed by atoms with Crippen molar-refractivity contribution in [3.63, 3.8) is 0 Å². The first-order valence-corrected chi connectivity index (χ1v) is 9.49. The Kier molecular flexibility index (Phi) is 5.74. The molecule has 0 saturated carbocycles. The number of fused-ring (bicyclic) bond motifs is 1. The lowest BCUT2D eigenvalue weighted by atomic mass is 9.98. The zero-order chi connectivity index (χ0) is 17.7. The Bertz CT molecular complexity index is 867. The van der Waals surface area contributed by atoms with Gasteiger partial charge in [-0.15, -0.1) is 0 Å². The lowest BCUT2D eigenvalue weighted by Crippen LogP contribution is -2.18. The monoisotopic (exact) mass is 351 g/mol. The quantitative estimate of drug-likeness (QED) is 0.408. The van der Waals surface area contributed by atoms with Crippen molar-refractivity contribution in [2.45, 2.75) is 32.1 Å². The van der Waals surface area contributed by atoms with Crippen molar-refractivity contribution in [3.05, 3.63) is 45.7 Å². The fourth-order valence-electron chi connectivity index (χ4n) is 2.76. The first-order valence-electron chi connectivity index (χ1n) is 7.64. The van der Waals surface area contributed by atoms with Crippen molar-refractivity contribution >= 4 is 15.8 Å². The van der Waals surface area contributed by atoms with Gasteiger partial charge in [0.15, 0.2) is 0 Å². The molecule has 1 aromatic carbocycles. The smallest absolute Gasteiger partial charge is 0.267 e. The molecule has 0 aliphatic heterocycles. The number of benzene rings is 1. The van der Waals surface area contributed by atoms with Crippen LogP contribution in [-0.4, -0.2) is 29.4 Å². The highest BCUT2D eigenvalue weighted by molar-refractivity contribution is 7.85. The van der Waals surface area contributed by atoms with E-state index in [4.69, 9.17) is 10.3 Å². The first kappa shape index (κ1) is 18.2. The number of nitrogen functional groups attached to an aromatic ring is 1. The number of H-pyrrole nitrogens is 1. The van der Waals surface area contributed by atoms with Gasteiger partial charge in [-0.05, 0) is 43.4 Å². The lowest BCUT2D eigenvalue weighted by Gasteiger charge is -2.10. The van der Waals surface area contributed by atoms with Crippen LogP contribution < -0.4 is 11.3 Å². The zero-order valence-corrected chi connectivity index (χ0v) is 14.3. The number of nitrogens with one attached hydrogen (secondary N) is 1. The molecule has 130 valence electrons. The average molecular weight is 351 g/mol. The van der Waals surface area contributed by atoms with Gasteiger partial charge in [-0.1, -0.05) is 18.6 Å². The normalized spacial score (nSPS) is 14.1. The minimum Gasteiger partial charge on any atom is -0.399 e. The van der Waals surface area contributed by atoms with E-state index in [-0.39, 0.29) is 5.56 Å². The summed E-state index contributed by atoms with van der Waals surface area (Å²) in [4.78, 5) is 11.9.